The van der Waals surface area contributed by atoms with Crippen LogP contribution in [0.4, 0.5) is 0 Å². The van der Waals surface area contributed by atoms with E-state index in [0.29, 0.717) is 44.1 Å². The predicted molar refractivity (Wildman–Crippen MR) is 303 cm³/mol. The summed E-state index contributed by atoms with van der Waals surface area (Å²) in [7, 11) is 0. The molecular weight excluding hydrogens is 1190 g/mol. The number of rotatable bonds is 15. The molecule has 28 heteroatoms. The Balaban J connectivity index is 0.973. The van der Waals surface area contributed by atoms with Crippen molar-refractivity contribution in [3.63, 3.8) is 0 Å². The quantitative estimate of drug-likeness (QED) is 0.0504. The minimum atomic E-state index is -2.29. The summed E-state index contributed by atoms with van der Waals surface area (Å²) < 4.78 is 68.9. The fourth-order valence-electron chi connectivity index (χ4n) is 19.1. The van der Waals surface area contributed by atoms with Crippen LogP contribution in [0.3, 0.4) is 0 Å². The molecule has 10 aliphatic rings. The van der Waals surface area contributed by atoms with Crippen LogP contribution >= 0.6 is 0 Å². The van der Waals surface area contributed by atoms with Gasteiger partial charge in [0, 0.05) is 28.7 Å². The van der Waals surface area contributed by atoms with E-state index < -0.39 is 229 Å². The normalized spacial score (nSPS) is 53.0. The zero-order valence-electron chi connectivity index (χ0n) is 53.0. The first kappa shape index (κ1) is 70.1. The molecule has 5 saturated heterocycles. The van der Waals surface area contributed by atoms with Crippen LogP contribution in [0, 0.1) is 50.2 Å². The molecule has 90 heavy (non-hydrogen) atoms. The van der Waals surface area contributed by atoms with Gasteiger partial charge in [0.05, 0.1) is 42.5 Å². The molecule has 514 valence electrons. The van der Waals surface area contributed by atoms with E-state index in [1.165, 1.54) is 6.92 Å². The fourth-order valence-corrected chi connectivity index (χ4v) is 19.1. The average molecular weight is 1290 g/mol. The Labute approximate surface area is 522 Å². The Kier molecular flexibility index (Phi) is 19.5. The lowest BCUT2D eigenvalue weighted by atomic mass is 9.30. The lowest BCUT2D eigenvalue weighted by molar-refractivity contribution is -0.406. The number of aliphatic carboxylic acids is 1. The highest BCUT2D eigenvalue weighted by Crippen LogP contribution is 2.82. The van der Waals surface area contributed by atoms with E-state index in [1.54, 1.807) is 26.8 Å². The van der Waals surface area contributed by atoms with E-state index in [9.17, 15) is 85.9 Å². The van der Waals surface area contributed by atoms with Gasteiger partial charge in [0.2, 0.25) is 0 Å². The molecule has 0 aromatic rings. The van der Waals surface area contributed by atoms with Gasteiger partial charge in [-0.1, -0.05) is 61.5 Å². The van der Waals surface area contributed by atoms with Gasteiger partial charge in [0.15, 0.2) is 43.7 Å². The molecule has 10 fully saturated rings. The van der Waals surface area contributed by atoms with Crippen LogP contribution in [-0.2, 0) is 66.5 Å². The number of hydrogen-bond donors (Lipinski definition) is 14. The lowest BCUT2D eigenvalue weighted by Crippen LogP contribution is -2.77. The largest absolute Gasteiger partial charge is 0.479 e. The number of esters is 2. The summed E-state index contributed by atoms with van der Waals surface area (Å²) >= 11 is 0. The molecule has 28 nitrogen and oxygen atoms in total. The maximum Gasteiger partial charge on any atom is 0.335 e. The molecule has 5 aliphatic carbocycles. The fraction of sp³-hybridized carbons (Fsp3) is 0.919. The van der Waals surface area contributed by atoms with E-state index in [4.69, 9.17) is 52.1 Å². The Morgan fingerprint density at radius 1 is 0.578 bits per heavy atom. The van der Waals surface area contributed by atoms with Gasteiger partial charge >= 0.3 is 17.9 Å². The van der Waals surface area contributed by atoms with Crippen molar-refractivity contribution in [3.05, 3.63) is 11.6 Å². The SMILES string of the molecule is C/C=C(/C)C(=O)O[C@H]1[C@H](OC(=O)CC)[C@@]23[C@H](O)C[C@]4(C)[C@@](CC[C@@H]5[C@@]6(C)CC[C@H](O[C@@H]7O[C@H](C(=O)O)[C@@H](O)[C@H](O[C@@H]8O[C@H](CO)[C@H](O)[C@H](O)[C@H]8O[C@@H]8O[C@@H](C)[C@H](O)[C@@H](O)[C@H]8O)[C@H]7O[C@@H]7O[C@H](CO)[C@H](O)[C@H](O)[C@H]7O)C(C)(C)[C@@H]6CC[C@]54C)(O[C@@H]2O)[C@@H]3CC1(C)C. The second kappa shape index (κ2) is 25.0. The molecule has 0 aromatic carbocycles. The third-order valence-corrected chi connectivity index (χ3v) is 24.3. The van der Waals surface area contributed by atoms with Gasteiger partial charge in [-0.2, -0.15) is 0 Å². The van der Waals surface area contributed by atoms with Crippen LogP contribution < -0.4 is 0 Å². The van der Waals surface area contributed by atoms with Crippen LogP contribution in [-0.4, -0.2) is 262 Å². The zero-order chi connectivity index (χ0) is 66.2. The van der Waals surface area contributed by atoms with E-state index in [1.807, 2.05) is 27.7 Å². The van der Waals surface area contributed by atoms with Gasteiger partial charge in [-0.15, -0.1) is 0 Å². The van der Waals surface area contributed by atoms with E-state index in [-0.39, 0.29) is 31.1 Å². The highest BCUT2D eigenvalue weighted by Gasteiger charge is 2.86. The molecule has 5 aliphatic heterocycles. The van der Waals surface area contributed by atoms with Crippen LogP contribution in [0.15, 0.2) is 11.6 Å². The standard InChI is InChI=1S/C62H98O28/c1-12-24(3)50(78)89-47-48(84-33(66)13-2)62-30(20-56(47,5)6)61(90-55(62)79)19-15-29-58(9)17-16-32(57(7,8)28(58)14-18-59(29,10)60(61,11)21-31(62)65)83-54-46(88-52-41(74)38(71)35(68)26(22-63)81-52)43(42(75)44(86-54)49(76)77)85-53-45(39(72)36(69)27(23-64)82-53)87-51-40(73)37(70)34(67)25(4)80-51/h12,25-32,34-48,51-55,63-65,67-75,79H,13-23H2,1-11H3,(H,76,77)/b24-12-/t25-,26+,27+,28-,29+,30-,31+,32-,34-,35-,36-,37+,38-,39-,40+,41+,42-,43-,44-,45+,46+,47-,48-,51-,52-,53-,54+,55-,58-,59+,60-,61-,62+/m0/s1. The third-order valence-electron chi connectivity index (χ3n) is 24.3. The van der Waals surface area contributed by atoms with Gasteiger partial charge in [0.1, 0.15) is 91.6 Å². The topological polar surface area (TPSA) is 436 Å². The van der Waals surface area contributed by atoms with Crippen molar-refractivity contribution in [3.8, 4) is 0 Å². The predicted octanol–water partition coefficient (Wildman–Crippen LogP) is -1.49. The van der Waals surface area contributed by atoms with Gasteiger partial charge < -0.3 is 124 Å². The van der Waals surface area contributed by atoms with Crippen molar-refractivity contribution in [1.82, 2.24) is 0 Å². The second-order valence-electron chi connectivity index (χ2n) is 29.5. The number of allylic oxidation sites excluding steroid dienone is 1. The number of aliphatic hydroxyl groups is 13. The summed E-state index contributed by atoms with van der Waals surface area (Å²) in [6, 6.07) is 0. The zero-order valence-corrected chi connectivity index (χ0v) is 53.0. The minimum absolute atomic E-state index is 0.0172. The van der Waals surface area contributed by atoms with Crippen molar-refractivity contribution in [2.45, 2.75) is 293 Å². The summed E-state index contributed by atoms with van der Waals surface area (Å²) in [5.74, 6) is -3.73. The molecule has 5 saturated carbocycles. The van der Waals surface area contributed by atoms with Gasteiger partial charge in [0.25, 0.3) is 0 Å². The number of fused-ring (bicyclic) bond motifs is 4. The maximum atomic E-state index is 13.6. The van der Waals surface area contributed by atoms with E-state index >= 15 is 0 Å². The Morgan fingerprint density at radius 2 is 1.14 bits per heavy atom. The first-order valence-electron chi connectivity index (χ1n) is 31.9. The van der Waals surface area contributed by atoms with Gasteiger partial charge in [-0.05, 0) is 100 Å². The maximum absolute atomic E-state index is 13.6. The molecule has 33 atom stereocenters. The van der Waals surface area contributed by atoms with Crippen LogP contribution in [0.5, 0.6) is 0 Å². The molecule has 10 rings (SSSR count). The second-order valence-corrected chi connectivity index (χ2v) is 29.5. The smallest absolute Gasteiger partial charge is 0.335 e. The number of hydrogen-bond acceptors (Lipinski definition) is 27. The molecule has 0 amide bonds. The molecule has 1 spiro atoms. The van der Waals surface area contributed by atoms with Crippen LogP contribution in [0.25, 0.3) is 0 Å². The van der Waals surface area contributed by atoms with Gasteiger partial charge in [-0.3, -0.25) is 4.79 Å². The number of carbonyl (C=O) groups excluding carboxylic acids is 2. The molecule has 0 radical (unpaired) electrons. The summed E-state index contributed by atoms with van der Waals surface area (Å²) in [5.41, 5.74) is -5.89. The summed E-state index contributed by atoms with van der Waals surface area (Å²) in [4.78, 5) is 40.4. The van der Waals surface area contributed by atoms with Crippen molar-refractivity contribution in [2.24, 2.45) is 50.2 Å². The Hall–Kier alpha value is -2.73. The van der Waals surface area contributed by atoms with Crippen molar-refractivity contribution in [1.29, 1.82) is 0 Å². The lowest BCUT2D eigenvalue weighted by Gasteiger charge is -2.75. The first-order valence-corrected chi connectivity index (χ1v) is 31.9. The number of carboxylic acids is 1. The van der Waals surface area contributed by atoms with Gasteiger partial charge in [-0.25, -0.2) is 9.59 Å². The minimum Gasteiger partial charge on any atom is -0.479 e. The third kappa shape index (κ3) is 10.7. The summed E-state index contributed by atoms with van der Waals surface area (Å²) in [5, 5.41) is 157. The molecule has 2 bridgehead atoms. The molecule has 14 N–H and O–H groups in total. The highest BCUT2D eigenvalue weighted by atomic mass is 16.8. The van der Waals surface area contributed by atoms with E-state index in [2.05, 4.69) is 20.8 Å². The number of carbonyl (C=O) groups is 3. The Bertz CT molecular complexity index is 2640. The molecule has 5 heterocycles. The summed E-state index contributed by atoms with van der Waals surface area (Å²) in [6.07, 6.45) is -39.2. The monoisotopic (exact) mass is 1290 g/mol. The van der Waals surface area contributed by atoms with Crippen molar-refractivity contribution >= 4 is 17.9 Å². The molecule has 0 unspecified atom stereocenters. The first-order chi connectivity index (χ1) is 42.0. The van der Waals surface area contributed by atoms with Crippen molar-refractivity contribution in [2.75, 3.05) is 13.2 Å². The molecule has 0 aromatic heterocycles. The number of ether oxygens (including phenoxy) is 11. The Morgan fingerprint density at radius 3 is 1.76 bits per heavy atom. The summed E-state index contributed by atoms with van der Waals surface area (Å²) in [6.45, 7) is 19.0. The van der Waals surface area contributed by atoms with Crippen LogP contribution in [0.1, 0.15) is 134 Å². The number of carboxylic acid groups (broad SMARTS) is 1. The average Bonchev–Trinajstić information content (AvgIpc) is 1.35. The highest BCUT2D eigenvalue weighted by molar-refractivity contribution is 5.87. The van der Waals surface area contributed by atoms with Crippen LogP contribution in [0.2, 0.25) is 0 Å². The number of aliphatic hydroxyl groups excluding tert-OH is 13. The van der Waals surface area contributed by atoms with Crippen molar-refractivity contribution < 1.29 is 138 Å². The molecular formula is C62H98O28. The van der Waals surface area contributed by atoms with E-state index in [0.717, 1.165) is 0 Å².